The van der Waals surface area contributed by atoms with Crippen LogP contribution in [0.15, 0.2) is 35.1 Å². The molecular formula is C21H27N5O4. The Bertz CT molecular complexity index is 985. The molecular weight excluding hydrogens is 386 g/mol. The maximum Gasteiger partial charge on any atom is 0.241 e. The van der Waals surface area contributed by atoms with Gasteiger partial charge in [0.25, 0.3) is 0 Å². The van der Waals surface area contributed by atoms with Crippen molar-refractivity contribution in [3.8, 4) is 22.9 Å². The zero-order chi connectivity index (χ0) is 21.1. The van der Waals surface area contributed by atoms with E-state index in [0.717, 1.165) is 30.5 Å². The van der Waals surface area contributed by atoms with E-state index in [1.807, 2.05) is 31.4 Å². The molecule has 1 N–H and O–H groups in total. The molecule has 30 heavy (non-hydrogen) atoms. The smallest absolute Gasteiger partial charge is 0.241 e. The number of likely N-dealkylation sites (tertiary alicyclic amines) is 1. The first kappa shape index (κ1) is 20.4. The molecule has 3 aromatic rings. The third-order valence-electron chi connectivity index (χ3n) is 5.55. The van der Waals surface area contributed by atoms with E-state index in [0.29, 0.717) is 36.2 Å². The van der Waals surface area contributed by atoms with E-state index in [-0.39, 0.29) is 6.04 Å². The lowest BCUT2D eigenvalue weighted by atomic mass is 10.0. The van der Waals surface area contributed by atoms with E-state index in [4.69, 9.17) is 14.0 Å². The first-order valence-corrected chi connectivity index (χ1v) is 10.0. The molecule has 1 aromatic carbocycles. The largest absolute Gasteiger partial charge is 0.493 e. The van der Waals surface area contributed by atoms with Crippen LogP contribution in [0.5, 0.6) is 11.5 Å². The van der Waals surface area contributed by atoms with Crippen molar-refractivity contribution in [3.63, 3.8) is 0 Å². The number of hydrogen-bond acceptors (Lipinski definition) is 8. The standard InChI is InChI=1S/C21H27N5O4/c1-25-12-15(11-22-25)17(27)10-16-5-4-8-26(16)13-20-23-21(24-30-20)14-6-7-18(28-2)19(9-14)29-3/h6-7,9,11-12,16-17,27H,4-5,8,10,13H2,1-3H3. The summed E-state index contributed by atoms with van der Waals surface area (Å²) in [4.78, 5) is 6.86. The van der Waals surface area contributed by atoms with Crippen LogP contribution in [0.3, 0.4) is 0 Å². The van der Waals surface area contributed by atoms with Crippen LogP contribution in [-0.2, 0) is 13.6 Å². The molecule has 1 saturated heterocycles. The maximum absolute atomic E-state index is 10.6. The predicted molar refractivity (Wildman–Crippen MR) is 109 cm³/mol. The van der Waals surface area contributed by atoms with Crippen molar-refractivity contribution >= 4 is 0 Å². The maximum atomic E-state index is 10.6. The first-order valence-electron chi connectivity index (χ1n) is 10.0. The highest BCUT2D eigenvalue weighted by Crippen LogP contribution is 2.32. The van der Waals surface area contributed by atoms with Gasteiger partial charge >= 0.3 is 0 Å². The molecule has 2 unspecified atom stereocenters. The molecule has 1 fully saturated rings. The van der Waals surface area contributed by atoms with E-state index in [1.165, 1.54) is 0 Å². The van der Waals surface area contributed by atoms with Crippen molar-refractivity contribution < 1.29 is 19.1 Å². The summed E-state index contributed by atoms with van der Waals surface area (Å²) in [6.07, 6.45) is 5.82. The highest BCUT2D eigenvalue weighted by molar-refractivity contribution is 5.60. The molecule has 1 aliphatic heterocycles. The third-order valence-corrected chi connectivity index (χ3v) is 5.55. The number of aromatic nitrogens is 4. The van der Waals surface area contributed by atoms with E-state index in [2.05, 4.69) is 20.1 Å². The highest BCUT2D eigenvalue weighted by atomic mass is 16.5. The van der Waals surface area contributed by atoms with Gasteiger partial charge in [-0.3, -0.25) is 9.58 Å². The summed E-state index contributed by atoms with van der Waals surface area (Å²) in [5.74, 6) is 2.34. The molecule has 2 atom stereocenters. The predicted octanol–water partition coefficient (Wildman–Crippen LogP) is 2.58. The van der Waals surface area contributed by atoms with Crippen LogP contribution >= 0.6 is 0 Å². The normalized spacial score (nSPS) is 17.9. The summed E-state index contributed by atoms with van der Waals surface area (Å²) >= 11 is 0. The van der Waals surface area contributed by atoms with Gasteiger partial charge in [0.05, 0.1) is 33.1 Å². The average Bonchev–Trinajstić information content (AvgIpc) is 3.50. The lowest BCUT2D eigenvalue weighted by Crippen LogP contribution is -2.30. The molecule has 4 rings (SSSR count). The Balaban J connectivity index is 1.42. The molecule has 0 spiro atoms. The van der Waals surface area contributed by atoms with Gasteiger partial charge in [0, 0.05) is 30.4 Å². The summed E-state index contributed by atoms with van der Waals surface area (Å²) in [6, 6.07) is 5.78. The van der Waals surface area contributed by atoms with Crippen LogP contribution < -0.4 is 9.47 Å². The van der Waals surface area contributed by atoms with Crippen molar-refractivity contribution in [1.29, 1.82) is 0 Å². The first-order chi connectivity index (χ1) is 14.6. The quantitative estimate of drug-likeness (QED) is 0.602. The van der Waals surface area contributed by atoms with Gasteiger partial charge in [-0.2, -0.15) is 10.1 Å². The zero-order valence-corrected chi connectivity index (χ0v) is 17.5. The molecule has 0 amide bonds. The van der Waals surface area contributed by atoms with E-state index in [9.17, 15) is 5.11 Å². The van der Waals surface area contributed by atoms with Crippen LogP contribution in [-0.4, -0.2) is 56.7 Å². The second kappa shape index (κ2) is 8.85. The van der Waals surface area contributed by atoms with Crippen molar-refractivity contribution in [2.75, 3.05) is 20.8 Å². The topological polar surface area (TPSA) is 98.7 Å². The summed E-state index contributed by atoms with van der Waals surface area (Å²) in [5.41, 5.74) is 1.64. The van der Waals surface area contributed by atoms with Crippen molar-refractivity contribution in [3.05, 3.63) is 42.0 Å². The van der Waals surface area contributed by atoms with Gasteiger partial charge in [0.15, 0.2) is 11.5 Å². The molecule has 3 heterocycles. The van der Waals surface area contributed by atoms with Crippen LogP contribution in [0, 0.1) is 0 Å². The molecule has 0 radical (unpaired) electrons. The van der Waals surface area contributed by atoms with Crippen molar-refractivity contribution in [2.24, 2.45) is 7.05 Å². The number of aliphatic hydroxyl groups is 1. The molecule has 9 nitrogen and oxygen atoms in total. The number of hydrogen-bond donors (Lipinski definition) is 1. The minimum atomic E-state index is -0.533. The van der Waals surface area contributed by atoms with Gasteiger partial charge in [0.1, 0.15) is 0 Å². The van der Waals surface area contributed by atoms with Gasteiger partial charge in [-0.1, -0.05) is 5.16 Å². The van der Waals surface area contributed by atoms with Crippen LogP contribution in [0.25, 0.3) is 11.4 Å². The fourth-order valence-electron chi connectivity index (χ4n) is 3.96. The zero-order valence-electron chi connectivity index (χ0n) is 17.5. The lowest BCUT2D eigenvalue weighted by Gasteiger charge is -2.24. The second-order valence-electron chi connectivity index (χ2n) is 7.55. The molecule has 0 saturated carbocycles. The molecule has 0 aliphatic carbocycles. The van der Waals surface area contributed by atoms with E-state index < -0.39 is 6.10 Å². The molecule has 0 bridgehead atoms. The number of methoxy groups -OCH3 is 2. The molecule has 9 heteroatoms. The van der Waals surface area contributed by atoms with Crippen LogP contribution in [0.4, 0.5) is 0 Å². The molecule has 2 aromatic heterocycles. The number of rotatable bonds is 8. The number of benzene rings is 1. The Morgan fingerprint density at radius 3 is 2.83 bits per heavy atom. The van der Waals surface area contributed by atoms with Crippen molar-refractivity contribution in [1.82, 2.24) is 24.8 Å². The number of ether oxygens (including phenoxy) is 2. The van der Waals surface area contributed by atoms with Crippen LogP contribution in [0.1, 0.15) is 36.8 Å². The monoisotopic (exact) mass is 413 g/mol. The Labute approximate surface area is 175 Å². The van der Waals surface area contributed by atoms with Crippen LogP contribution in [0.2, 0.25) is 0 Å². The van der Waals surface area contributed by atoms with Gasteiger partial charge in [-0.05, 0) is 44.0 Å². The highest BCUT2D eigenvalue weighted by Gasteiger charge is 2.29. The summed E-state index contributed by atoms with van der Waals surface area (Å²) in [7, 11) is 5.04. The van der Waals surface area contributed by atoms with Gasteiger partial charge < -0.3 is 19.1 Å². The fraction of sp³-hybridized carbons (Fsp3) is 0.476. The van der Waals surface area contributed by atoms with Crippen molar-refractivity contribution in [2.45, 2.75) is 38.0 Å². The minimum absolute atomic E-state index is 0.261. The SMILES string of the molecule is COc1ccc(-c2noc(CN3CCCC3CC(O)c3cnn(C)c3)n2)cc1OC. The Morgan fingerprint density at radius 1 is 1.27 bits per heavy atom. The molecule has 1 aliphatic rings. The Kier molecular flexibility index (Phi) is 6.01. The third kappa shape index (κ3) is 4.31. The Morgan fingerprint density at radius 2 is 2.10 bits per heavy atom. The number of aryl methyl sites for hydroxylation is 1. The van der Waals surface area contributed by atoms with Gasteiger partial charge in [0.2, 0.25) is 11.7 Å². The van der Waals surface area contributed by atoms with E-state index in [1.54, 1.807) is 25.1 Å². The van der Waals surface area contributed by atoms with Gasteiger partial charge in [-0.15, -0.1) is 0 Å². The minimum Gasteiger partial charge on any atom is -0.493 e. The average molecular weight is 413 g/mol. The summed E-state index contributed by atoms with van der Waals surface area (Å²) in [6.45, 7) is 1.50. The fourth-order valence-corrected chi connectivity index (χ4v) is 3.96. The molecule has 160 valence electrons. The summed E-state index contributed by atoms with van der Waals surface area (Å²) in [5, 5.41) is 18.8. The second-order valence-corrected chi connectivity index (χ2v) is 7.55. The number of aliphatic hydroxyl groups excluding tert-OH is 1. The van der Waals surface area contributed by atoms with E-state index >= 15 is 0 Å². The van der Waals surface area contributed by atoms with Gasteiger partial charge in [-0.25, -0.2) is 0 Å². The Hall–Kier alpha value is -2.91. The number of nitrogens with zero attached hydrogens (tertiary/aromatic N) is 5. The summed E-state index contributed by atoms with van der Waals surface area (Å²) < 4.78 is 17.8. The lowest BCUT2D eigenvalue weighted by molar-refractivity contribution is 0.112.